The van der Waals surface area contributed by atoms with Gasteiger partial charge in [0.15, 0.2) is 0 Å². The van der Waals surface area contributed by atoms with Crippen molar-refractivity contribution in [1.82, 2.24) is 14.3 Å². The van der Waals surface area contributed by atoms with E-state index in [1.807, 2.05) is 0 Å². The number of nitrogens with zero attached hydrogens (tertiary/aromatic N) is 4. The van der Waals surface area contributed by atoms with Crippen molar-refractivity contribution in [3.8, 4) is 0 Å². The summed E-state index contributed by atoms with van der Waals surface area (Å²) in [6, 6.07) is 0. The Balaban J connectivity index is 2.35. The number of rotatable bonds is 3. The molecule has 11 heteroatoms. The summed E-state index contributed by atoms with van der Waals surface area (Å²) in [6.45, 7) is -0.838. The molecule has 6 nitrogen and oxygen atoms in total. The monoisotopic (exact) mass is 358 g/mol. The highest BCUT2D eigenvalue weighted by Crippen LogP contribution is 2.38. The average molecular weight is 359 g/mol. The van der Waals surface area contributed by atoms with Crippen LogP contribution in [0.3, 0.4) is 0 Å². The summed E-state index contributed by atoms with van der Waals surface area (Å²) in [6.07, 6.45) is -2.13. The highest BCUT2D eigenvalue weighted by Gasteiger charge is 2.55. The standard InChI is InChI=1S/C11H14ClF3N4O2S/c1-18(2)22(20,21)9-6-19(5-8(9)11(13,14)15)10-16-3-7(12)4-17-10/h3-4,8-9H,5-6H2,1-2H3/t8-,9-/m1/s1. The molecule has 1 saturated heterocycles. The third-order valence-corrected chi connectivity index (χ3v) is 5.92. The Morgan fingerprint density at radius 2 is 1.82 bits per heavy atom. The first kappa shape index (κ1) is 17.2. The van der Waals surface area contributed by atoms with E-state index in [2.05, 4.69) is 9.97 Å². The molecule has 1 aliphatic rings. The maximum atomic E-state index is 13.2. The second kappa shape index (κ2) is 5.82. The number of anilines is 1. The van der Waals surface area contributed by atoms with Gasteiger partial charge in [-0.05, 0) is 0 Å². The molecule has 0 bridgehead atoms. The average Bonchev–Trinajstić information content (AvgIpc) is 2.85. The summed E-state index contributed by atoms with van der Waals surface area (Å²) in [4.78, 5) is 8.90. The largest absolute Gasteiger partial charge is 0.394 e. The van der Waals surface area contributed by atoms with Crippen LogP contribution in [-0.4, -0.2) is 61.3 Å². The van der Waals surface area contributed by atoms with Gasteiger partial charge in [0.25, 0.3) is 0 Å². The van der Waals surface area contributed by atoms with Crippen LogP contribution in [0, 0.1) is 5.92 Å². The minimum absolute atomic E-state index is 0.0232. The highest BCUT2D eigenvalue weighted by molar-refractivity contribution is 7.89. The molecule has 1 aromatic heterocycles. The maximum absolute atomic E-state index is 13.2. The zero-order valence-electron chi connectivity index (χ0n) is 11.7. The number of hydrogen-bond donors (Lipinski definition) is 0. The molecule has 1 aliphatic heterocycles. The van der Waals surface area contributed by atoms with E-state index < -0.39 is 33.9 Å². The normalized spacial score (nSPS) is 23.3. The molecule has 2 atom stereocenters. The topological polar surface area (TPSA) is 66.4 Å². The lowest BCUT2D eigenvalue weighted by Gasteiger charge is -2.23. The van der Waals surface area contributed by atoms with Gasteiger partial charge in [0.2, 0.25) is 16.0 Å². The number of alkyl halides is 3. The minimum Gasteiger partial charge on any atom is -0.339 e. The van der Waals surface area contributed by atoms with Crippen LogP contribution in [-0.2, 0) is 10.0 Å². The van der Waals surface area contributed by atoms with E-state index in [-0.39, 0.29) is 17.5 Å². The maximum Gasteiger partial charge on any atom is 0.394 e. The van der Waals surface area contributed by atoms with Crippen LogP contribution in [0.1, 0.15) is 0 Å². The molecule has 2 rings (SSSR count). The van der Waals surface area contributed by atoms with Crippen LogP contribution in [0.4, 0.5) is 19.1 Å². The minimum atomic E-state index is -4.63. The van der Waals surface area contributed by atoms with E-state index in [9.17, 15) is 21.6 Å². The summed E-state index contributed by atoms with van der Waals surface area (Å²) < 4.78 is 64.7. The van der Waals surface area contributed by atoms with E-state index in [1.165, 1.54) is 31.4 Å². The fraction of sp³-hybridized carbons (Fsp3) is 0.636. The molecular weight excluding hydrogens is 345 g/mol. The number of sulfonamides is 1. The van der Waals surface area contributed by atoms with Gasteiger partial charge < -0.3 is 4.90 Å². The highest BCUT2D eigenvalue weighted by atomic mass is 35.5. The molecular formula is C11H14ClF3N4O2S. The Morgan fingerprint density at radius 3 is 2.27 bits per heavy atom. The molecule has 0 aromatic carbocycles. The Morgan fingerprint density at radius 1 is 1.27 bits per heavy atom. The molecule has 124 valence electrons. The molecule has 1 fully saturated rings. The van der Waals surface area contributed by atoms with E-state index in [1.54, 1.807) is 0 Å². The smallest absolute Gasteiger partial charge is 0.339 e. The Kier molecular flexibility index (Phi) is 4.56. The van der Waals surface area contributed by atoms with Crippen molar-refractivity contribution in [3.63, 3.8) is 0 Å². The van der Waals surface area contributed by atoms with Gasteiger partial charge in [0.1, 0.15) is 5.25 Å². The first-order valence-corrected chi connectivity index (χ1v) is 8.12. The van der Waals surface area contributed by atoms with Crippen molar-refractivity contribution < 1.29 is 21.6 Å². The van der Waals surface area contributed by atoms with Gasteiger partial charge in [-0.3, -0.25) is 0 Å². The van der Waals surface area contributed by atoms with Gasteiger partial charge in [-0.2, -0.15) is 13.2 Å². The van der Waals surface area contributed by atoms with Crippen LogP contribution in [0.15, 0.2) is 12.4 Å². The second-order valence-electron chi connectivity index (χ2n) is 5.12. The molecule has 0 amide bonds. The summed E-state index contributed by atoms with van der Waals surface area (Å²) in [5, 5.41) is -1.35. The van der Waals surface area contributed by atoms with Crippen molar-refractivity contribution in [2.45, 2.75) is 11.4 Å². The van der Waals surface area contributed by atoms with Crippen LogP contribution in [0.25, 0.3) is 0 Å². The van der Waals surface area contributed by atoms with Crippen molar-refractivity contribution >= 4 is 27.6 Å². The van der Waals surface area contributed by atoms with Crippen LogP contribution in [0.5, 0.6) is 0 Å². The van der Waals surface area contributed by atoms with Crippen LogP contribution >= 0.6 is 11.6 Å². The summed E-state index contributed by atoms with van der Waals surface area (Å²) in [7, 11) is -1.64. The lowest BCUT2D eigenvalue weighted by atomic mass is 10.1. The third kappa shape index (κ3) is 3.28. The first-order chi connectivity index (χ1) is 10.0. The lowest BCUT2D eigenvalue weighted by Crippen LogP contribution is -2.43. The Hall–Kier alpha value is -1.13. The number of halogens is 4. The lowest BCUT2D eigenvalue weighted by molar-refractivity contribution is -0.167. The zero-order chi connectivity index (χ0) is 16.7. The van der Waals surface area contributed by atoms with Crippen LogP contribution < -0.4 is 4.90 Å². The molecule has 22 heavy (non-hydrogen) atoms. The van der Waals surface area contributed by atoms with E-state index in [4.69, 9.17) is 11.6 Å². The fourth-order valence-corrected chi connectivity index (χ4v) is 3.96. The van der Waals surface area contributed by atoms with Gasteiger partial charge in [-0.1, -0.05) is 11.6 Å². The van der Waals surface area contributed by atoms with E-state index >= 15 is 0 Å². The molecule has 2 heterocycles. The molecule has 0 saturated carbocycles. The Bertz CT molecular complexity index is 636. The van der Waals surface area contributed by atoms with Crippen LogP contribution in [0.2, 0.25) is 5.02 Å². The van der Waals surface area contributed by atoms with Gasteiger partial charge >= 0.3 is 6.18 Å². The predicted molar refractivity (Wildman–Crippen MR) is 75.2 cm³/mol. The molecule has 1 aromatic rings. The fourth-order valence-electron chi connectivity index (χ4n) is 2.29. The second-order valence-corrected chi connectivity index (χ2v) is 7.92. The predicted octanol–water partition coefficient (Wildman–Crippen LogP) is 1.39. The Labute approximate surface area is 130 Å². The zero-order valence-corrected chi connectivity index (χ0v) is 13.3. The molecule has 0 N–H and O–H groups in total. The number of aromatic nitrogens is 2. The molecule has 0 aliphatic carbocycles. The summed E-state index contributed by atoms with van der Waals surface area (Å²) in [5.74, 6) is -1.98. The van der Waals surface area contributed by atoms with Gasteiger partial charge in [-0.25, -0.2) is 22.7 Å². The van der Waals surface area contributed by atoms with Crippen molar-refractivity contribution in [2.75, 3.05) is 32.1 Å². The van der Waals surface area contributed by atoms with Crippen molar-refractivity contribution in [2.24, 2.45) is 5.92 Å². The quantitative estimate of drug-likeness (QED) is 0.817. The summed E-state index contributed by atoms with van der Waals surface area (Å²) in [5.41, 5.74) is 0. The van der Waals surface area contributed by atoms with Crippen molar-refractivity contribution in [3.05, 3.63) is 17.4 Å². The SMILES string of the molecule is CN(C)S(=O)(=O)[C@@H]1CN(c2ncc(Cl)cn2)C[C@H]1C(F)(F)F. The molecule has 0 unspecified atom stereocenters. The molecule has 0 spiro atoms. The van der Waals surface area contributed by atoms with Gasteiger partial charge in [0.05, 0.1) is 23.3 Å². The van der Waals surface area contributed by atoms with Crippen molar-refractivity contribution in [1.29, 1.82) is 0 Å². The third-order valence-electron chi connectivity index (χ3n) is 3.47. The van der Waals surface area contributed by atoms with E-state index in [0.29, 0.717) is 0 Å². The first-order valence-electron chi connectivity index (χ1n) is 6.24. The van der Waals surface area contributed by atoms with E-state index in [0.717, 1.165) is 4.31 Å². The van der Waals surface area contributed by atoms with Gasteiger partial charge in [0, 0.05) is 27.2 Å². The summed E-state index contributed by atoms with van der Waals surface area (Å²) >= 11 is 5.64. The molecule has 0 radical (unpaired) electrons. The number of hydrogen-bond acceptors (Lipinski definition) is 5. The van der Waals surface area contributed by atoms with Gasteiger partial charge in [-0.15, -0.1) is 0 Å².